The molecule has 7 heteroatoms. The number of fused-ring (bicyclic) bond motifs is 1. The van der Waals surface area contributed by atoms with Gasteiger partial charge in [-0.2, -0.15) is 0 Å². The first-order valence-corrected chi connectivity index (χ1v) is 11.6. The van der Waals surface area contributed by atoms with E-state index in [-0.39, 0.29) is 24.3 Å². The molecule has 1 N–H and O–H groups in total. The minimum absolute atomic E-state index is 0.00210. The predicted octanol–water partition coefficient (Wildman–Crippen LogP) is 2.95. The number of carbonyl (C=O) groups excluding carboxylic acids is 3. The summed E-state index contributed by atoms with van der Waals surface area (Å²) in [5, 5.41) is 3.91. The number of hydrogen-bond acceptors (Lipinski definition) is 4. The molecule has 3 amide bonds. The predicted molar refractivity (Wildman–Crippen MR) is 123 cm³/mol. The lowest BCUT2D eigenvalue weighted by molar-refractivity contribution is -0.133. The largest absolute Gasteiger partial charge is 0.354 e. The first-order chi connectivity index (χ1) is 15.4. The monoisotopic (exact) mass is 436 g/mol. The Morgan fingerprint density at radius 1 is 1.16 bits per heavy atom. The number of likely N-dealkylation sites (tertiary alicyclic amines) is 1. The number of hydrogen-bond donors (Lipinski definition) is 1. The third-order valence-corrected chi connectivity index (χ3v) is 6.73. The van der Waals surface area contributed by atoms with E-state index >= 15 is 0 Å². The zero-order valence-electron chi connectivity index (χ0n) is 19.0. The summed E-state index contributed by atoms with van der Waals surface area (Å²) in [6.45, 7) is 1.52. The van der Waals surface area contributed by atoms with Gasteiger partial charge in [-0.25, -0.2) is 0 Å². The Morgan fingerprint density at radius 2 is 1.91 bits per heavy atom. The molecule has 0 unspecified atom stereocenters. The van der Waals surface area contributed by atoms with Gasteiger partial charge < -0.3 is 15.1 Å². The van der Waals surface area contributed by atoms with Gasteiger partial charge in [0, 0.05) is 50.6 Å². The van der Waals surface area contributed by atoms with Crippen LogP contribution in [0.25, 0.3) is 10.9 Å². The summed E-state index contributed by atoms with van der Waals surface area (Å²) in [5.74, 6) is 0.772. The number of benzene rings is 1. The van der Waals surface area contributed by atoms with Crippen molar-refractivity contribution in [2.24, 2.45) is 5.92 Å². The van der Waals surface area contributed by atoms with Crippen molar-refractivity contribution in [3.8, 4) is 0 Å². The molecule has 1 aliphatic heterocycles. The van der Waals surface area contributed by atoms with Crippen LogP contribution in [0.3, 0.4) is 0 Å². The van der Waals surface area contributed by atoms with Crippen LogP contribution in [-0.2, 0) is 9.59 Å². The fourth-order valence-corrected chi connectivity index (χ4v) is 4.84. The van der Waals surface area contributed by atoms with Crippen LogP contribution in [0.5, 0.6) is 0 Å². The van der Waals surface area contributed by atoms with Crippen LogP contribution in [-0.4, -0.2) is 66.2 Å². The van der Waals surface area contributed by atoms with Crippen LogP contribution < -0.4 is 5.32 Å². The second-order valence-electron chi connectivity index (χ2n) is 9.25. The maximum atomic E-state index is 12.8. The van der Waals surface area contributed by atoms with Crippen molar-refractivity contribution in [2.45, 2.75) is 44.4 Å². The highest BCUT2D eigenvalue weighted by Crippen LogP contribution is 2.36. The number of amides is 3. The number of pyridine rings is 1. The van der Waals surface area contributed by atoms with Gasteiger partial charge in [0.05, 0.1) is 17.6 Å². The van der Waals surface area contributed by atoms with Crippen LogP contribution in [0.15, 0.2) is 30.3 Å². The maximum absolute atomic E-state index is 12.8. The van der Waals surface area contributed by atoms with Gasteiger partial charge in [0.2, 0.25) is 11.8 Å². The highest BCUT2D eigenvalue weighted by atomic mass is 16.2. The molecule has 1 aromatic heterocycles. The van der Waals surface area contributed by atoms with E-state index in [0.717, 1.165) is 48.7 Å². The number of nitrogens with zero attached hydrogens (tertiary/aromatic N) is 3. The normalized spacial score (nSPS) is 21.1. The van der Waals surface area contributed by atoms with Crippen LogP contribution in [0, 0.1) is 5.92 Å². The molecule has 0 bridgehead atoms. The molecule has 2 heterocycles. The summed E-state index contributed by atoms with van der Waals surface area (Å²) in [5.41, 5.74) is 2.56. The third-order valence-electron chi connectivity index (χ3n) is 6.73. The second kappa shape index (κ2) is 9.67. The number of rotatable bonds is 6. The van der Waals surface area contributed by atoms with Gasteiger partial charge in [0.1, 0.15) is 0 Å². The summed E-state index contributed by atoms with van der Waals surface area (Å²) in [7, 11) is 3.55. The summed E-state index contributed by atoms with van der Waals surface area (Å²) < 4.78 is 0. The van der Waals surface area contributed by atoms with Gasteiger partial charge in [0.15, 0.2) is 0 Å². The number of carbonyl (C=O) groups is 3. The first-order valence-electron chi connectivity index (χ1n) is 11.6. The quantitative estimate of drug-likeness (QED) is 0.755. The molecule has 2 fully saturated rings. The molecule has 4 rings (SSSR count). The lowest BCUT2D eigenvalue weighted by Crippen LogP contribution is -2.40. The van der Waals surface area contributed by atoms with E-state index in [9.17, 15) is 14.4 Å². The van der Waals surface area contributed by atoms with E-state index in [1.165, 1.54) is 0 Å². The van der Waals surface area contributed by atoms with E-state index in [1.807, 2.05) is 30.3 Å². The number of aromatic nitrogens is 1. The van der Waals surface area contributed by atoms with E-state index in [0.29, 0.717) is 36.9 Å². The second-order valence-corrected chi connectivity index (χ2v) is 9.25. The molecular formula is C25H32N4O3. The molecule has 0 atom stereocenters. The Hall–Kier alpha value is -2.96. The van der Waals surface area contributed by atoms with Crippen LogP contribution in [0.1, 0.15) is 60.5 Å². The first kappa shape index (κ1) is 22.2. The molecule has 1 aromatic carbocycles. The molecule has 2 aliphatic rings. The molecule has 32 heavy (non-hydrogen) atoms. The average Bonchev–Trinajstić information content (AvgIpc) is 3.20. The number of para-hydroxylation sites is 1. The van der Waals surface area contributed by atoms with E-state index in [4.69, 9.17) is 4.98 Å². The molecular weight excluding hydrogens is 404 g/mol. The Labute approximate surface area is 189 Å². The highest BCUT2D eigenvalue weighted by Gasteiger charge is 2.26. The van der Waals surface area contributed by atoms with Crippen molar-refractivity contribution in [3.05, 3.63) is 41.6 Å². The molecule has 1 saturated carbocycles. The Kier molecular flexibility index (Phi) is 6.72. The van der Waals surface area contributed by atoms with Crippen LogP contribution in [0.2, 0.25) is 0 Å². The van der Waals surface area contributed by atoms with E-state index in [1.54, 1.807) is 23.9 Å². The topological polar surface area (TPSA) is 82.6 Å². The van der Waals surface area contributed by atoms with Gasteiger partial charge in [-0.15, -0.1) is 0 Å². The van der Waals surface area contributed by atoms with E-state index < -0.39 is 0 Å². The van der Waals surface area contributed by atoms with Crippen molar-refractivity contribution < 1.29 is 14.4 Å². The van der Waals surface area contributed by atoms with Crippen molar-refractivity contribution in [2.75, 3.05) is 33.7 Å². The zero-order chi connectivity index (χ0) is 22.7. The Balaban J connectivity index is 1.36. The summed E-state index contributed by atoms with van der Waals surface area (Å²) in [4.78, 5) is 44.8. The Bertz CT molecular complexity index is 1010. The summed E-state index contributed by atoms with van der Waals surface area (Å²) in [6, 6.07) is 9.80. The van der Waals surface area contributed by atoms with Gasteiger partial charge in [-0.1, -0.05) is 18.2 Å². The van der Waals surface area contributed by atoms with Gasteiger partial charge in [0.25, 0.3) is 5.91 Å². The van der Waals surface area contributed by atoms with Crippen molar-refractivity contribution >= 4 is 28.6 Å². The lowest BCUT2D eigenvalue weighted by atomic mass is 9.80. The minimum atomic E-state index is -0.0644. The Morgan fingerprint density at radius 3 is 2.59 bits per heavy atom. The van der Waals surface area contributed by atoms with Crippen molar-refractivity contribution in [1.29, 1.82) is 0 Å². The fraction of sp³-hybridized carbons (Fsp3) is 0.520. The SMILES string of the molecule is CN(C)C(=O)c1cc(C2CCC(CNC(=O)CN3CCCC3=O)CC2)nc2ccccc12. The molecule has 2 aromatic rings. The summed E-state index contributed by atoms with van der Waals surface area (Å²) >= 11 is 0. The van der Waals surface area contributed by atoms with Gasteiger partial charge in [-0.05, 0) is 50.2 Å². The third kappa shape index (κ3) is 4.92. The van der Waals surface area contributed by atoms with E-state index in [2.05, 4.69) is 5.32 Å². The molecule has 170 valence electrons. The smallest absolute Gasteiger partial charge is 0.254 e. The molecule has 0 radical (unpaired) electrons. The highest BCUT2D eigenvalue weighted by molar-refractivity contribution is 6.06. The van der Waals surface area contributed by atoms with Gasteiger partial charge >= 0.3 is 0 Å². The molecule has 1 aliphatic carbocycles. The lowest BCUT2D eigenvalue weighted by Gasteiger charge is -2.29. The molecule has 7 nitrogen and oxygen atoms in total. The standard InChI is InChI=1S/C25H32N4O3/c1-28(2)25(32)20-14-22(27-21-7-4-3-6-19(20)21)18-11-9-17(10-12-18)15-26-23(30)16-29-13-5-8-24(29)31/h3-4,6-7,14,17-18H,5,8-13,15-16H2,1-2H3,(H,26,30). The minimum Gasteiger partial charge on any atom is -0.354 e. The molecule has 0 spiro atoms. The average molecular weight is 437 g/mol. The number of nitrogens with one attached hydrogen (secondary N) is 1. The van der Waals surface area contributed by atoms with Crippen LogP contribution in [0.4, 0.5) is 0 Å². The molecule has 1 saturated heterocycles. The van der Waals surface area contributed by atoms with Gasteiger partial charge in [-0.3, -0.25) is 19.4 Å². The fourth-order valence-electron chi connectivity index (χ4n) is 4.84. The van der Waals surface area contributed by atoms with Crippen molar-refractivity contribution in [3.63, 3.8) is 0 Å². The zero-order valence-corrected chi connectivity index (χ0v) is 19.0. The van der Waals surface area contributed by atoms with Crippen LogP contribution >= 0.6 is 0 Å². The summed E-state index contributed by atoms with van der Waals surface area (Å²) in [6.07, 6.45) is 5.42. The van der Waals surface area contributed by atoms with Crippen molar-refractivity contribution in [1.82, 2.24) is 20.1 Å². The maximum Gasteiger partial charge on any atom is 0.254 e.